The molecule has 0 aliphatic carbocycles. The van der Waals surface area contributed by atoms with E-state index in [4.69, 9.17) is 0 Å². The van der Waals surface area contributed by atoms with Crippen LogP contribution in [0.5, 0.6) is 0 Å². The molecule has 0 amide bonds. The molecule has 212 valence electrons. The molecule has 1 aromatic rings. The molecule has 0 radical (unpaired) electrons. The van der Waals surface area contributed by atoms with Crippen LogP contribution >= 0.6 is 0 Å². The van der Waals surface area contributed by atoms with E-state index < -0.39 is 0 Å². The normalized spacial score (nSPS) is 11.5. The molecule has 2 nitrogen and oxygen atoms in total. The van der Waals surface area contributed by atoms with Crippen LogP contribution in [0.2, 0.25) is 0 Å². The molecule has 0 fully saturated rings. The zero-order chi connectivity index (χ0) is 25.9. The Morgan fingerprint density at radius 3 is 1.33 bits per heavy atom. The lowest BCUT2D eigenvalue weighted by Crippen LogP contribution is -2.37. The molecule has 0 aromatic carbocycles. The number of hydrogen-bond donors (Lipinski definition) is 0. The molecular weight excluding hydrogens is 436 g/mol. The highest BCUT2D eigenvalue weighted by atomic mass is 15.1. The van der Waals surface area contributed by atoms with E-state index >= 15 is 0 Å². The summed E-state index contributed by atoms with van der Waals surface area (Å²) < 4.78 is 5.17. The van der Waals surface area contributed by atoms with Crippen LogP contribution in [0.4, 0.5) is 0 Å². The maximum atomic E-state index is 2.59. The highest BCUT2D eigenvalue weighted by Crippen LogP contribution is 2.14. The van der Waals surface area contributed by atoms with Gasteiger partial charge in [-0.2, -0.15) is 0 Å². The summed E-state index contributed by atoms with van der Waals surface area (Å²) in [6, 6.07) is 0. The minimum absolute atomic E-state index is 1.22. The summed E-state index contributed by atoms with van der Waals surface area (Å²) in [5.41, 5.74) is 0. The summed E-state index contributed by atoms with van der Waals surface area (Å²) in [6.07, 6.45) is 41.5. The van der Waals surface area contributed by atoms with Crippen molar-refractivity contribution in [3.63, 3.8) is 0 Å². The summed E-state index contributed by atoms with van der Waals surface area (Å²) >= 11 is 0. The van der Waals surface area contributed by atoms with Gasteiger partial charge in [-0.05, 0) is 32.1 Å². The average molecular weight is 504 g/mol. The second kappa shape index (κ2) is 25.8. The van der Waals surface area contributed by atoms with Crippen LogP contribution in [-0.4, -0.2) is 4.57 Å². The topological polar surface area (TPSA) is 8.81 Å². The lowest BCUT2D eigenvalue weighted by Gasteiger charge is -2.06. The number of aromatic nitrogens is 2. The minimum atomic E-state index is 1.22. The van der Waals surface area contributed by atoms with Crippen LogP contribution in [-0.2, 0) is 19.5 Å². The monoisotopic (exact) mass is 504 g/mol. The third-order valence-electron chi connectivity index (χ3n) is 8.10. The van der Waals surface area contributed by atoms with E-state index in [9.17, 15) is 0 Å². The van der Waals surface area contributed by atoms with Crippen molar-refractivity contribution < 1.29 is 4.57 Å². The van der Waals surface area contributed by atoms with Crippen LogP contribution in [0.15, 0.2) is 12.4 Å². The molecule has 0 N–H and O–H groups in total. The standard InChI is InChI=1S/C34H67N2/c1-4-7-10-12-13-14-15-16-17-18-19-20-21-22-23-25-28-31-36-33-32-35(30-27-24-11-8-5-2)34(36)29-26-9-6-3/h32-33H,4-31H2,1-3H3/q+1. The highest BCUT2D eigenvalue weighted by Gasteiger charge is 2.16. The number of rotatable bonds is 28. The number of nitrogens with zero attached hydrogens (tertiary/aromatic N) is 2. The molecule has 2 heteroatoms. The first-order chi connectivity index (χ1) is 17.8. The molecule has 1 aromatic heterocycles. The van der Waals surface area contributed by atoms with Gasteiger partial charge in [-0.25, -0.2) is 9.13 Å². The first kappa shape index (κ1) is 33.2. The van der Waals surface area contributed by atoms with Gasteiger partial charge in [-0.3, -0.25) is 0 Å². The predicted octanol–water partition coefficient (Wildman–Crippen LogP) is 11.1. The summed E-state index contributed by atoms with van der Waals surface area (Å²) in [5, 5.41) is 0. The average Bonchev–Trinajstić information content (AvgIpc) is 3.27. The molecule has 0 aliphatic heterocycles. The Morgan fingerprint density at radius 1 is 0.472 bits per heavy atom. The van der Waals surface area contributed by atoms with Crippen molar-refractivity contribution in [3.8, 4) is 0 Å². The van der Waals surface area contributed by atoms with Crippen molar-refractivity contribution in [2.45, 2.75) is 201 Å². The predicted molar refractivity (Wildman–Crippen MR) is 161 cm³/mol. The molecule has 0 saturated carbocycles. The molecule has 36 heavy (non-hydrogen) atoms. The summed E-state index contributed by atoms with van der Waals surface area (Å²) in [5.74, 6) is 1.59. The van der Waals surface area contributed by atoms with Crippen molar-refractivity contribution in [1.82, 2.24) is 4.57 Å². The van der Waals surface area contributed by atoms with Gasteiger partial charge in [0.05, 0.1) is 13.1 Å². The van der Waals surface area contributed by atoms with Crippen LogP contribution in [0.1, 0.15) is 187 Å². The Kier molecular flexibility index (Phi) is 23.9. The molecule has 0 atom stereocenters. The molecule has 0 bridgehead atoms. The lowest BCUT2D eigenvalue weighted by molar-refractivity contribution is -0.704. The fourth-order valence-electron chi connectivity index (χ4n) is 5.62. The second-order valence-electron chi connectivity index (χ2n) is 11.6. The number of hydrogen-bond acceptors (Lipinski definition) is 0. The smallest absolute Gasteiger partial charge is 0.234 e. The van der Waals surface area contributed by atoms with Crippen molar-refractivity contribution in [3.05, 3.63) is 18.2 Å². The summed E-state index contributed by atoms with van der Waals surface area (Å²) in [7, 11) is 0. The van der Waals surface area contributed by atoms with Gasteiger partial charge in [-0.1, -0.05) is 149 Å². The second-order valence-corrected chi connectivity index (χ2v) is 11.6. The third-order valence-corrected chi connectivity index (χ3v) is 8.10. The zero-order valence-electron chi connectivity index (χ0n) is 25.3. The molecular formula is C34H67N2+. The van der Waals surface area contributed by atoms with E-state index in [1.807, 2.05) is 0 Å². The largest absolute Gasteiger partial charge is 0.256 e. The van der Waals surface area contributed by atoms with Gasteiger partial charge in [0, 0.05) is 6.42 Å². The number of unbranched alkanes of at least 4 members (excludes halogenated alkanes) is 22. The summed E-state index contributed by atoms with van der Waals surface area (Å²) in [6.45, 7) is 9.37. The van der Waals surface area contributed by atoms with Crippen LogP contribution in [0, 0.1) is 0 Å². The van der Waals surface area contributed by atoms with Crippen molar-refractivity contribution >= 4 is 0 Å². The third kappa shape index (κ3) is 18.5. The van der Waals surface area contributed by atoms with Gasteiger partial charge in [0.1, 0.15) is 12.4 Å². The van der Waals surface area contributed by atoms with Crippen LogP contribution < -0.4 is 4.57 Å². The van der Waals surface area contributed by atoms with Crippen LogP contribution in [0.3, 0.4) is 0 Å². The van der Waals surface area contributed by atoms with Gasteiger partial charge in [0.15, 0.2) is 0 Å². The molecule has 0 unspecified atom stereocenters. The quantitative estimate of drug-likeness (QED) is 0.0794. The van der Waals surface area contributed by atoms with E-state index in [0.717, 1.165) is 0 Å². The molecule has 1 rings (SSSR count). The van der Waals surface area contributed by atoms with Gasteiger partial charge in [0.2, 0.25) is 0 Å². The van der Waals surface area contributed by atoms with Crippen molar-refractivity contribution in [2.24, 2.45) is 0 Å². The molecule has 0 saturated heterocycles. The highest BCUT2D eigenvalue weighted by molar-refractivity contribution is 4.84. The first-order valence-corrected chi connectivity index (χ1v) is 16.9. The van der Waals surface area contributed by atoms with Gasteiger partial charge in [0.25, 0.3) is 5.82 Å². The Labute approximate surface area is 228 Å². The maximum absolute atomic E-state index is 2.59. The van der Waals surface area contributed by atoms with E-state index in [2.05, 4.69) is 42.3 Å². The fourth-order valence-corrected chi connectivity index (χ4v) is 5.62. The first-order valence-electron chi connectivity index (χ1n) is 16.9. The van der Waals surface area contributed by atoms with E-state index in [-0.39, 0.29) is 0 Å². The zero-order valence-corrected chi connectivity index (χ0v) is 25.3. The van der Waals surface area contributed by atoms with Crippen LogP contribution in [0.25, 0.3) is 0 Å². The molecule has 1 heterocycles. The Balaban J connectivity index is 2.06. The van der Waals surface area contributed by atoms with Gasteiger partial charge in [-0.15, -0.1) is 0 Å². The molecule has 0 spiro atoms. The molecule has 0 aliphatic rings. The van der Waals surface area contributed by atoms with Gasteiger partial charge < -0.3 is 0 Å². The number of imidazole rings is 1. The van der Waals surface area contributed by atoms with E-state index in [1.54, 1.807) is 5.82 Å². The van der Waals surface area contributed by atoms with E-state index in [1.165, 1.54) is 180 Å². The Morgan fingerprint density at radius 2 is 0.861 bits per heavy atom. The lowest BCUT2D eigenvalue weighted by atomic mass is 10.0. The van der Waals surface area contributed by atoms with Crippen molar-refractivity contribution in [1.29, 1.82) is 0 Å². The Bertz CT molecular complexity index is 562. The maximum Gasteiger partial charge on any atom is 0.256 e. The van der Waals surface area contributed by atoms with Gasteiger partial charge >= 0.3 is 0 Å². The van der Waals surface area contributed by atoms with Crippen molar-refractivity contribution in [2.75, 3.05) is 0 Å². The van der Waals surface area contributed by atoms with E-state index in [0.29, 0.717) is 0 Å². The minimum Gasteiger partial charge on any atom is -0.234 e. The SMILES string of the molecule is CCCCCCCCCCCCCCCCCCC[n+]1ccn(CCCCCCC)c1CCCCC. The summed E-state index contributed by atoms with van der Waals surface area (Å²) in [4.78, 5) is 0. The fraction of sp³-hybridized carbons (Fsp3) is 0.912. The Hall–Kier alpha value is -0.790. The number of aryl methyl sites for hydroxylation is 2.